The van der Waals surface area contributed by atoms with Crippen molar-refractivity contribution in [3.8, 4) is 0 Å². The largest absolute Gasteiger partial charge is 0.480 e. The van der Waals surface area contributed by atoms with Gasteiger partial charge in [-0.3, -0.25) is 19.8 Å². The number of carboxylic acid groups (broad SMARTS) is 1. The second-order valence-corrected chi connectivity index (χ2v) is 4.12. The Morgan fingerprint density at radius 2 is 2.00 bits per heavy atom. The average Bonchev–Trinajstić information content (AvgIpc) is 2.39. The molecule has 6 heteroatoms. The first-order valence-electron chi connectivity index (χ1n) is 5.94. The van der Waals surface area contributed by atoms with Crippen LogP contribution in [-0.4, -0.2) is 34.0 Å². The minimum atomic E-state index is -1.07. The van der Waals surface area contributed by atoms with E-state index in [1.165, 1.54) is 18.2 Å². The van der Waals surface area contributed by atoms with Crippen LogP contribution in [0.1, 0.15) is 11.6 Å². The molecule has 106 valence electrons. The van der Waals surface area contributed by atoms with Crippen molar-refractivity contribution in [1.82, 2.24) is 4.90 Å². The molecular formula is C14H16N2O4. The highest BCUT2D eigenvalue weighted by atomic mass is 16.6. The third-order valence-electron chi connectivity index (χ3n) is 2.72. The Kier molecular flexibility index (Phi) is 5.61. The third-order valence-corrected chi connectivity index (χ3v) is 2.72. The van der Waals surface area contributed by atoms with Crippen molar-refractivity contribution in [3.05, 3.63) is 65.3 Å². The Balaban J connectivity index is 3.21. The van der Waals surface area contributed by atoms with Crippen molar-refractivity contribution in [1.29, 1.82) is 0 Å². The van der Waals surface area contributed by atoms with E-state index in [9.17, 15) is 20.0 Å². The van der Waals surface area contributed by atoms with E-state index in [2.05, 4.69) is 13.2 Å². The summed E-state index contributed by atoms with van der Waals surface area (Å²) < 4.78 is 0. The molecule has 0 saturated carbocycles. The summed E-state index contributed by atoms with van der Waals surface area (Å²) in [6.07, 6.45) is 3.16. The first-order chi connectivity index (χ1) is 9.51. The Hall–Kier alpha value is -2.47. The molecule has 0 amide bonds. The number of nitro benzene ring substituents is 1. The van der Waals surface area contributed by atoms with E-state index < -0.39 is 16.9 Å². The molecule has 1 atom stereocenters. The van der Waals surface area contributed by atoms with Gasteiger partial charge in [0.25, 0.3) is 5.69 Å². The molecule has 1 N–H and O–H groups in total. The molecule has 1 unspecified atom stereocenters. The van der Waals surface area contributed by atoms with Gasteiger partial charge in [-0.2, -0.15) is 0 Å². The quantitative estimate of drug-likeness (QED) is 0.448. The van der Waals surface area contributed by atoms with E-state index in [4.69, 9.17) is 0 Å². The zero-order valence-electron chi connectivity index (χ0n) is 10.9. The van der Waals surface area contributed by atoms with Gasteiger partial charge in [-0.1, -0.05) is 24.3 Å². The van der Waals surface area contributed by atoms with Crippen molar-refractivity contribution in [3.63, 3.8) is 0 Å². The summed E-state index contributed by atoms with van der Waals surface area (Å²) in [5, 5.41) is 20.2. The number of carbonyl (C=O) groups is 1. The van der Waals surface area contributed by atoms with Gasteiger partial charge >= 0.3 is 5.97 Å². The van der Waals surface area contributed by atoms with Crippen LogP contribution >= 0.6 is 0 Å². The Morgan fingerprint density at radius 3 is 2.45 bits per heavy atom. The second kappa shape index (κ2) is 7.20. The summed E-state index contributed by atoms with van der Waals surface area (Å²) >= 11 is 0. The summed E-state index contributed by atoms with van der Waals surface area (Å²) in [7, 11) is 0. The molecule has 0 aromatic heterocycles. The summed E-state index contributed by atoms with van der Waals surface area (Å²) in [5.74, 6) is -1.07. The number of rotatable bonds is 8. The van der Waals surface area contributed by atoms with E-state index in [0.717, 1.165) is 0 Å². The molecule has 1 aromatic carbocycles. The molecule has 0 aliphatic rings. The second-order valence-electron chi connectivity index (χ2n) is 4.12. The lowest BCUT2D eigenvalue weighted by Gasteiger charge is -2.26. The van der Waals surface area contributed by atoms with E-state index in [-0.39, 0.29) is 5.69 Å². The highest BCUT2D eigenvalue weighted by Crippen LogP contribution is 2.24. The van der Waals surface area contributed by atoms with Gasteiger partial charge < -0.3 is 5.11 Å². The zero-order valence-corrected chi connectivity index (χ0v) is 10.9. The first kappa shape index (κ1) is 15.6. The standard InChI is InChI=1S/C14H16N2O4/c1-3-8-15(9-4-2)13(14(17)18)11-6-5-7-12(10-11)16(19)20/h3-7,10,13H,1-2,8-9H2,(H,17,18). The van der Waals surface area contributed by atoms with Crippen LogP contribution in [0.4, 0.5) is 5.69 Å². The maximum Gasteiger partial charge on any atom is 0.325 e. The number of hydrogen-bond donors (Lipinski definition) is 1. The summed E-state index contributed by atoms with van der Waals surface area (Å²) in [6.45, 7) is 7.85. The van der Waals surface area contributed by atoms with Gasteiger partial charge in [-0.15, -0.1) is 13.2 Å². The number of nitrogens with zero attached hydrogens (tertiary/aromatic N) is 2. The first-order valence-corrected chi connectivity index (χ1v) is 5.94. The molecule has 1 rings (SSSR count). The highest BCUT2D eigenvalue weighted by Gasteiger charge is 2.27. The van der Waals surface area contributed by atoms with Crippen LogP contribution < -0.4 is 0 Å². The summed E-state index contributed by atoms with van der Waals surface area (Å²) in [4.78, 5) is 23.3. The highest BCUT2D eigenvalue weighted by molar-refractivity contribution is 5.76. The lowest BCUT2D eigenvalue weighted by atomic mass is 10.0. The lowest BCUT2D eigenvalue weighted by molar-refractivity contribution is -0.384. The van der Waals surface area contributed by atoms with Crippen LogP contribution in [0.5, 0.6) is 0 Å². The minimum absolute atomic E-state index is 0.133. The van der Waals surface area contributed by atoms with Crippen LogP contribution in [0.2, 0.25) is 0 Å². The smallest absolute Gasteiger partial charge is 0.325 e. The normalized spacial score (nSPS) is 11.8. The Morgan fingerprint density at radius 1 is 1.40 bits per heavy atom. The molecule has 20 heavy (non-hydrogen) atoms. The van der Waals surface area contributed by atoms with Crippen molar-refractivity contribution < 1.29 is 14.8 Å². The van der Waals surface area contributed by atoms with Gasteiger partial charge in [-0.05, 0) is 5.56 Å². The van der Waals surface area contributed by atoms with Crippen LogP contribution in [0.25, 0.3) is 0 Å². The molecule has 0 heterocycles. The van der Waals surface area contributed by atoms with Crippen molar-refractivity contribution in [2.75, 3.05) is 13.1 Å². The van der Waals surface area contributed by atoms with Crippen LogP contribution in [0.3, 0.4) is 0 Å². The predicted molar refractivity (Wildman–Crippen MR) is 75.4 cm³/mol. The van der Waals surface area contributed by atoms with E-state index in [1.807, 2.05) is 0 Å². The molecule has 0 radical (unpaired) electrons. The summed E-state index contributed by atoms with van der Waals surface area (Å²) in [5.41, 5.74) is 0.223. The van der Waals surface area contributed by atoms with E-state index in [1.54, 1.807) is 23.1 Å². The lowest BCUT2D eigenvalue weighted by Crippen LogP contribution is -2.34. The number of aliphatic carboxylic acids is 1. The average molecular weight is 276 g/mol. The molecule has 0 fully saturated rings. The molecular weight excluding hydrogens is 260 g/mol. The molecule has 6 nitrogen and oxygen atoms in total. The molecule has 0 aliphatic heterocycles. The predicted octanol–water partition coefficient (Wildman–Crippen LogP) is 2.39. The van der Waals surface area contributed by atoms with Gasteiger partial charge in [0.2, 0.25) is 0 Å². The topological polar surface area (TPSA) is 83.7 Å². The third kappa shape index (κ3) is 3.76. The molecule has 1 aromatic rings. The number of benzene rings is 1. The maximum atomic E-state index is 11.5. The fourth-order valence-corrected chi connectivity index (χ4v) is 1.94. The fraction of sp³-hybridized carbons (Fsp3) is 0.214. The van der Waals surface area contributed by atoms with E-state index >= 15 is 0 Å². The number of hydrogen-bond acceptors (Lipinski definition) is 4. The Bertz CT molecular complexity index is 518. The van der Waals surface area contributed by atoms with Crippen molar-refractivity contribution in [2.45, 2.75) is 6.04 Å². The van der Waals surface area contributed by atoms with Gasteiger partial charge in [0.05, 0.1) is 4.92 Å². The van der Waals surface area contributed by atoms with Gasteiger partial charge in [0, 0.05) is 25.2 Å². The molecule has 0 aliphatic carbocycles. The molecule has 0 spiro atoms. The number of non-ortho nitro benzene ring substituents is 1. The van der Waals surface area contributed by atoms with E-state index in [0.29, 0.717) is 18.7 Å². The maximum absolute atomic E-state index is 11.5. The van der Waals surface area contributed by atoms with Crippen molar-refractivity contribution in [2.24, 2.45) is 0 Å². The molecule has 0 saturated heterocycles. The number of carboxylic acids is 1. The monoisotopic (exact) mass is 276 g/mol. The number of nitro groups is 1. The van der Waals surface area contributed by atoms with Crippen LogP contribution in [0.15, 0.2) is 49.6 Å². The van der Waals surface area contributed by atoms with Crippen LogP contribution in [-0.2, 0) is 4.79 Å². The minimum Gasteiger partial charge on any atom is -0.480 e. The van der Waals surface area contributed by atoms with Gasteiger partial charge in [0.1, 0.15) is 6.04 Å². The SMILES string of the molecule is C=CCN(CC=C)C(C(=O)O)c1cccc([N+](=O)[O-])c1. The van der Waals surface area contributed by atoms with Crippen LogP contribution in [0, 0.1) is 10.1 Å². The fourth-order valence-electron chi connectivity index (χ4n) is 1.94. The van der Waals surface area contributed by atoms with Crippen molar-refractivity contribution >= 4 is 11.7 Å². The molecule has 0 bridgehead atoms. The zero-order chi connectivity index (χ0) is 15.1. The Labute approximate surface area is 116 Å². The van der Waals surface area contributed by atoms with Gasteiger partial charge in [-0.25, -0.2) is 0 Å². The van der Waals surface area contributed by atoms with Gasteiger partial charge in [0.15, 0.2) is 0 Å². The summed E-state index contributed by atoms with van der Waals surface area (Å²) in [6, 6.07) is 4.66.